The molecule has 1 heterocycles. The largest absolute Gasteiger partial charge is 0.504 e. The summed E-state index contributed by atoms with van der Waals surface area (Å²) in [4.78, 5) is 25.9. The molecule has 0 amide bonds. The Bertz CT molecular complexity index is 836. The van der Waals surface area contributed by atoms with Crippen LogP contribution in [0.5, 0.6) is 11.5 Å². The van der Waals surface area contributed by atoms with Crippen LogP contribution in [0.2, 0.25) is 0 Å². The summed E-state index contributed by atoms with van der Waals surface area (Å²) < 4.78 is 9.75. The number of hydrogen-bond acceptors (Lipinski definition) is 10. The zero-order chi connectivity index (χ0) is 19.1. The fraction of sp³-hybridized carbons (Fsp3) is 0.267. The Kier molecular flexibility index (Phi) is 6.44. The highest BCUT2D eigenvalue weighted by atomic mass is 32.1. The van der Waals surface area contributed by atoms with E-state index in [1.54, 1.807) is 12.3 Å². The quantitative estimate of drug-likeness (QED) is 0.308. The lowest BCUT2D eigenvalue weighted by Gasteiger charge is -2.05. The molecule has 1 aromatic carbocycles. The molecule has 11 heteroatoms. The number of methoxy groups -OCH3 is 1. The maximum absolute atomic E-state index is 11.4. The molecular formula is C15H16N4O6S. The highest BCUT2D eigenvalue weighted by Crippen LogP contribution is 2.33. The van der Waals surface area contributed by atoms with Crippen LogP contribution in [0.4, 0.5) is 10.8 Å². The number of carbonyl (C=O) groups is 1. The number of thiazole rings is 1. The van der Waals surface area contributed by atoms with Gasteiger partial charge in [0.15, 0.2) is 11.5 Å². The third kappa shape index (κ3) is 4.89. The van der Waals surface area contributed by atoms with E-state index >= 15 is 0 Å². The molecule has 0 aliphatic rings. The molecule has 0 spiro atoms. The van der Waals surface area contributed by atoms with Crippen molar-refractivity contribution in [2.75, 3.05) is 19.1 Å². The number of anilines is 1. The molecule has 2 aromatic rings. The molecule has 0 aliphatic carbocycles. The number of aromatic nitrogens is 1. The minimum Gasteiger partial charge on any atom is -0.504 e. The monoisotopic (exact) mass is 380 g/mol. The standard InChI is InChI=1S/C15H16N4O6S/c1-3-25-13(20)5-10-8-26-15(17-10)18-16-7-9-4-11(19(22)23)6-12(24-2)14(9)21/h4,6-8,21H,3,5H2,1-2H3,(H,17,18). The Morgan fingerprint density at radius 3 is 2.96 bits per heavy atom. The van der Waals surface area contributed by atoms with Crippen molar-refractivity contribution >= 4 is 34.3 Å². The van der Waals surface area contributed by atoms with E-state index in [1.165, 1.54) is 24.7 Å². The first-order valence-corrected chi connectivity index (χ1v) is 8.27. The van der Waals surface area contributed by atoms with Crippen molar-refractivity contribution in [2.24, 2.45) is 5.10 Å². The number of phenols is 1. The van der Waals surface area contributed by atoms with Crippen LogP contribution in [0.15, 0.2) is 22.6 Å². The molecular weight excluding hydrogens is 364 g/mol. The second kappa shape index (κ2) is 8.76. The number of non-ortho nitro benzene ring substituents is 1. The van der Waals surface area contributed by atoms with Gasteiger partial charge in [0.1, 0.15) is 0 Å². The number of rotatable bonds is 8. The van der Waals surface area contributed by atoms with Gasteiger partial charge in [0.05, 0.1) is 43.0 Å². The van der Waals surface area contributed by atoms with Crippen molar-refractivity contribution in [1.82, 2.24) is 4.98 Å². The normalized spacial score (nSPS) is 10.7. The number of carbonyl (C=O) groups excluding carboxylic acids is 1. The van der Waals surface area contributed by atoms with E-state index in [-0.39, 0.29) is 35.1 Å². The van der Waals surface area contributed by atoms with Gasteiger partial charge in [-0.2, -0.15) is 5.10 Å². The number of ether oxygens (including phenoxy) is 2. The number of nitrogens with zero attached hydrogens (tertiary/aromatic N) is 3. The summed E-state index contributed by atoms with van der Waals surface area (Å²) in [6.07, 6.45) is 1.26. The molecule has 2 N–H and O–H groups in total. The summed E-state index contributed by atoms with van der Waals surface area (Å²) in [5.41, 5.74) is 3.03. The smallest absolute Gasteiger partial charge is 0.311 e. The third-order valence-corrected chi connectivity index (χ3v) is 3.86. The lowest BCUT2D eigenvalue weighted by Crippen LogP contribution is -2.07. The second-order valence-corrected chi connectivity index (χ2v) is 5.70. The van der Waals surface area contributed by atoms with Crippen LogP contribution in [0.25, 0.3) is 0 Å². The first kappa shape index (κ1) is 19.1. The molecule has 0 saturated carbocycles. The molecule has 0 aliphatic heterocycles. The molecule has 0 saturated heterocycles. The molecule has 10 nitrogen and oxygen atoms in total. The van der Waals surface area contributed by atoms with E-state index < -0.39 is 4.92 Å². The van der Waals surface area contributed by atoms with Crippen molar-refractivity contribution in [2.45, 2.75) is 13.3 Å². The average molecular weight is 380 g/mol. The van der Waals surface area contributed by atoms with Crippen molar-refractivity contribution < 1.29 is 24.3 Å². The zero-order valence-corrected chi connectivity index (χ0v) is 14.8. The SMILES string of the molecule is CCOC(=O)Cc1csc(NN=Cc2cc([N+](=O)[O-])cc(OC)c2O)n1. The topological polar surface area (TPSA) is 136 Å². The lowest BCUT2D eigenvalue weighted by atomic mass is 10.2. The molecule has 1 aromatic heterocycles. The van der Waals surface area contributed by atoms with Gasteiger partial charge in [-0.1, -0.05) is 0 Å². The van der Waals surface area contributed by atoms with E-state index in [0.717, 1.165) is 12.1 Å². The minimum atomic E-state index is -0.602. The maximum Gasteiger partial charge on any atom is 0.311 e. The van der Waals surface area contributed by atoms with Gasteiger partial charge < -0.3 is 14.6 Å². The van der Waals surface area contributed by atoms with Crippen LogP contribution in [0, 0.1) is 10.1 Å². The summed E-state index contributed by atoms with van der Waals surface area (Å²) in [5, 5.41) is 26.9. The Morgan fingerprint density at radius 1 is 1.54 bits per heavy atom. The third-order valence-electron chi connectivity index (χ3n) is 3.07. The van der Waals surface area contributed by atoms with Gasteiger partial charge in [-0.05, 0) is 6.92 Å². The van der Waals surface area contributed by atoms with E-state index in [0.29, 0.717) is 17.4 Å². The zero-order valence-electron chi connectivity index (χ0n) is 14.0. The number of benzene rings is 1. The number of nitrogens with one attached hydrogen (secondary N) is 1. The summed E-state index contributed by atoms with van der Waals surface area (Å²) >= 11 is 1.23. The second-order valence-electron chi connectivity index (χ2n) is 4.84. The lowest BCUT2D eigenvalue weighted by molar-refractivity contribution is -0.385. The van der Waals surface area contributed by atoms with Gasteiger partial charge >= 0.3 is 5.97 Å². The van der Waals surface area contributed by atoms with Crippen LogP contribution in [0.1, 0.15) is 18.2 Å². The van der Waals surface area contributed by atoms with E-state index in [9.17, 15) is 20.0 Å². The molecule has 2 rings (SSSR count). The predicted octanol–water partition coefficient (Wildman–Crippen LogP) is 2.32. The number of nitro benzene ring substituents is 1. The summed E-state index contributed by atoms with van der Waals surface area (Å²) in [5.74, 6) is -0.682. The number of phenolic OH excluding ortho intramolecular Hbond substituents is 1. The van der Waals surface area contributed by atoms with Crippen molar-refractivity contribution in [3.05, 3.63) is 38.9 Å². The van der Waals surface area contributed by atoms with E-state index in [4.69, 9.17) is 9.47 Å². The summed E-state index contributed by atoms with van der Waals surface area (Å²) in [6.45, 7) is 2.02. The molecule has 0 unspecified atom stereocenters. The molecule has 0 atom stereocenters. The minimum absolute atomic E-state index is 0.0355. The highest BCUT2D eigenvalue weighted by molar-refractivity contribution is 7.13. The van der Waals surface area contributed by atoms with Gasteiger partial charge in [-0.3, -0.25) is 20.3 Å². The molecule has 0 bridgehead atoms. The fourth-order valence-corrected chi connectivity index (χ4v) is 2.59. The van der Waals surface area contributed by atoms with Crippen LogP contribution < -0.4 is 10.2 Å². The summed E-state index contributed by atoms with van der Waals surface area (Å²) in [7, 11) is 1.29. The molecule has 0 radical (unpaired) electrons. The van der Waals surface area contributed by atoms with Crippen LogP contribution in [-0.2, 0) is 16.0 Å². The highest BCUT2D eigenvalue weighted by Gasteiger charge is 2.15. The molecule has 138 valence electrons. The molecule has 0 fully saturated rings. The number of hydrazone groups is 1. The van der Waals surface area contributed by atoms with Crippen LogP contribution in [0.3, 0.4) is 0 Å². The Hall–Kier alpha value is -3.21. The summed E-state index contributed by atoms with van der Waals surface area (Å²) in [6, 6.07) is 2.28. The van der Waals surface area contributed by atoms with Gasteiger partial charge in [-0.25, -0.2) is 4.98 Å². The van der Waals surface area contributed by atoms with Gasteiger partial charge in [0.25, 0.3) is 5.69 Å². The number of nitro groups is 1. The fourth-order valence-electron chi connectivity index (χ4n) is 1.93. The van der Waals surface area contributed by atoms with Gasteiger partial charge in [0, 0.05) is 17.0 Å². The Labute approximate surface area is 152 Å². The Morgan fingerprint density at radius 2 is 2.31 bits per heavy atom. The first-order chi connectivity index (χ1) is 12.4. The van der Waals surface area contributed by atoms with Crippen molar-refractivity contribution in [3.8, 4) is 11.5 Å². The van der Waals surface area contributed by atoms with Crippen molar-refractivity contribution in [3.63, 3.8) is 0 Å². The van der Waals surface area contributed by atoms with Gasteiger partial charge in [0.2, 0.25) is 5.13 Å². The number of esters is 1. The van der Waals surface area contributed by atoms with Gasteiger partial charge in [-0.15, -0.1) is 11.3 Å². The van der Waals surface area contributed by atoms with E-state index in [1.807, 2.05) is 0 Å². The number of hydrogen-bond donors (Lipinski definition) is 2. The number of aromatic hydroxyl groups is 1. The van der Waals surface area contributed by atoms with Crippen LogP contribution in [-0.4, -0.2) is 40.9 Å². The van der Waals surface area contributed by atoms with Crippen LogP contribution >= 0.6 is 11.3 Å². The first-order valence-electron chi connectivity index (χ1n) is 7.39. The van der Waals surface area contributed by atoms with E-state index in [2.05, 4.69) is 15.5 Å². The predicted molar refractivity (Wildman–Crippen MR) is 95.0 cm³/mol. The Balaban J connectivity index is 2.09. The molecule has 26 heavy (non-hydrogen) atoms. The van der Waals surface area contributed by atoms with Crippen molar-refractivity contribution in [1.29, 1.82) is 0 Å². The maximum atomic E-state index is 11.4. The average Bonchev–Trinajstić information content (AvgIpc) is 3.03.